The van der Waals surface area contributed by atoms with Gasteiger partial charge in [0.2, 0.25) is 0 Å². The molecule has 1 aliphatic rings. The third-order valence-electron chi connectivity index (χ3n) is 3.50. The minimum absolute atomic E-state index is 0.167. The van der Waals surface area contributed by atoms with Crippen molar-refractivity contribution in [3.8, 4) is 11.5 Å². The van der Waals surface area contributed by atoms with Gasteiger partial charge in [-0.1, -0.05) is 15.9 Å². The van der Waals surface area contributed by atoms with Crippen LogP contribution in [0.15, 0.2) is 27.9 Å². The van der Waals surface area contributed by atoms with Crippen LogP contribution in [0.1, 0.15) is 32.4 Å². The number of ether oxygens (including phenoxy) is 2. The number of ketones is 1. The number of hydrogen-bond donors (Lipinski definition) is 2. The van der Waals surface area contributed by atoms with Crippen molar-refractivity contribution in [2.75, 3.05) is 7.11 Å². The Balaban J connectivity index is 2.58. The molecule has 0 saturated heterocycles. The Kier molecular flexibility index (Phi) is 5.28. The van der Waals surface area contributed by atoms with Gasteiger partial charge in [-0.05, 0) is 31.5 Å². The van der Waals surface area contributed by atoms with Gasteiger partial charge in [0.05, 0.1) is 13.2 Å². The molecule has 1 atom stereocenters. The maximum Gasteiger partial charge on any atom is 0.319 e. The monoisotopic (exact) mass is 396 g/mol. The molecule has 2 rings (SSSR count). The van der Waals surface area contributed by atoms with E-state index in [0.717, 1.165) is 0 Å². The molecule has 0 aliphatic carbocycles. The first-order valence-corrected chi connectivity index (χ1v) is 7.89. The third-order valence-corrected chi connectivity index (χ3v) is 4.18. The van der Waals surface area contributed by atoms with Crippen molar-refractivity contribution in [1.29, 1.82) is 0 Å². The van der Waals surface area contributed by atoms with Crippen LogP contribution in [0.3, 0.4) is 0 Å². The molecule has 0 spiro atoms. The van der Waals surface area contributed by atoms with Crippen molar-refractivity contribution >= 4 is 33.7 Å². The van der Waals surface area contributed by atoms with Gasteiger partial charge in [0.15, 0.2) is 17.3 Å². The van der Waals surface area contributed by atoms with E-state index in [2.05, 4.69) is 26.6 Å². The summed E-state index contributed by atoms with van der Waals surface area (Å²) in [6.07, 6.45) is 0. The molecule has 0 bridgehead atoms. The van der Waals surface area contributed by atoms with Crippen LogP contribution in [-0.2, 0) is 9.59 Å². The maximum absolute atomic E-state index is 12.0. The molecular formula is C16H17BrN2O5. The van der Waals surface area contributed by atoms with Gasteiger partial charge in [-0.3, -0.25) is 9.59 Å². The maximum atomic E-state index is 12.0. The van der Waals surface area contributed by atoms with Gasteiger partial charge in [-0.15, -0.1) is 0 Å². The van der Waals surface area contributed by atoms with Gasteiger partial charge in [0.25, 0.3) is 0 Å². The number of urea groups is 1. The minimum atomic E-state index is -0.647. The fourth-order valence-corrected chi connectivity index (χ4v) is 3.11. The summed E-state index contributed by atoms with van der Waals surface area (Å²) in [5.74, 6) is -0.0917. The molecule has 0 unspecified atom stereocenters. The number of benzene rings is 1. The average Bonchev–Trinajstić information content (AvgIpc) is 2.45. The molecule has 0 saturated carbocycles. The van der Waals surface area contributed by atoms with E-state index in [0.29, 0.717) is 27.1 Å². The van der Waals surface area contributed by atoms with Crippen LogP contribution >= 0.6 is 15.9 Å². The van der Waals surface area contributed by atoms with Crippen LogP contribution in [0.25, 0.3) is 0 Å². The molecule has 0 fully saturated rings. The van der Waals surface area contributed by atoms with E-state index in [1.165, 1.54) is 21.0 Å². The molecule has 24 heavy (non-hydrogen) atoms. The van der Waals surface area contributed by atoms with Crippen LogP contribution in [0.5, 0.6) is 11.5 Å². The summed E-state index contributed by atoms with van der Waals surface area (Å²) in [4.78, 5) is 35.0. The highest BCUT2D eigenvalue weighted by molar-refractivity contribution is 9.10. The topological polar surface area (TPSA) is 93.7 Å². The first kappa shape index (κ1) is 18.0. The molecule has 1 aromatic rings. The van der Waals surface area contributed by atoms with E-state index in [9.17, 15) is 14.4 Å². The lowest BCUT2D eigenvalue weighted by molar-refractivity contribution is -0.132. The Bertz CT molecular complexity index is 757. The zero-order chi connectivity index (χ0) is 18.0. The largest absolute Gasteiger partial charge is 0.493 e. The highest BCUT2D eigenvalue weighted by atomic mass is 79.9. The summed E-state index contributed by atoms with van der Waals surface area (Å²) in [7, 11) is 1.44. The summed E-state index contributed by atoms with van der Waals surface area (Å²) < 4.78 is 10.9. The summed E-state index contributed by atoms with van der Waals surface area (Å²) in [6, 6.07) is 2.13. The summed E-state index contributed by atoms with van der Waals surface area (Å²) in [5.41, 5.74) is 1.55. The number of Topliss-reactive ketones (excluding diaryl/α,β-unsaturated/α-hetero) is 1. The van der Waals surface area contributed by atoms with E-state index in [1.807, 2.05) is 0 Å². The Hall–Kier alpha value is -2.35. The fourth-order valence-electron chi connectivity index (χ4n) is 2.56. The van der Waals surface area contributed by atoms with Gasteiger partial charge in [0.1, 0.15) is 0 Å². The van der Waals surface area contributed by atoms with E-state index in [1.54, 1.807) is 19.1 Å². The number of esters is 1. The third kappa shape index (κ3) is 3.59. The van der Waals surface area contributed by atoms with Crippen molar-refractivity contribution in [3.05, 3.63) is 33.4 Å². The Morgan fingerprint density at radius 3 is 2.42 bits per heavy atom. The van der Waals surface area contributed by atoms with Gasteiger partial charge in [-0.2, -0.15) is 0 Å². The van der Waals surface area contributed by atoms with Crippen molar-refractivity contribution in [2.45, 2.75) is 26.8 Å². The first-order chi connectivity index (χ1) is 11.2. The normalized spacial score (nSPS) is 17.0. The highest BCUT2D eigenvalue weighted by Crippen LogP contribution is 2.39. The fraction of sp³-hybridized carbons (Fsp3) is 0.312. The number of nitrogens with one attached hydrogen (secondary N) is 2. The molecule has 8 heteroatoms. The predicted molar refractivity (Wildman–Crippen MR) is 89.8 cm³/mol. The standard InChI is InChI=1S/C16H17BrN2O5/c1-7-14(8(2)20)15(19-16(22)18-7)10-5-12(23-4)13(6-11(10)17)24-9(3)21/h5-6,15H,1-4H3,(H2,18,19,22)/t15-/m0/s1. The molecule has 1 aliphatic heterocycles. The van der Waals surface area contributed by atoms with E-state index >= 15 is 0 Å². The molecular weight excluding hydrogens is 380 g/mol. The second kappa shape index (κ2) is 7.04. The van der Waals surface area contributed by atoms with Crippen LogP contribution < -0.4 is 20.1 Å². The van der Waals surface area contributed by atoms with E-state index < -0.39 is 18.0 Å². The highest BCUT2D eigenvalue weighted by Gasteiger charge is 2.31. The molecule has 0 aromatic heterocycles. The SMILES string of the molecule is COc1cc([C@@H]2NC(=O)NC(C)=C2C(C)=O)c(Br)cc1OC(C)=O. The van der Waals surface area contributed by atoms with Crippen molar-refractivity contribution in [3.63, 3.8) is 0 Å². The Morgan fingerprint density at radius 2 is 1.88 bits per heavy atom. The zero-order valence-electron chi connectivity index (χ0n) is 13.7. The van der Waals surface area contributed by atoms with E-state index in [4.69, 9.17) is 9.47 Å². The molecule has 128 valence electrons. The number of methoxy groups -OCH3 is 1. The quantitative estimate of drug-likeness (QED) is 0.602. The average molecular weight is 397 g/mol. The second-order valence-electron chi connectivity index (χ2n) is 5.24. The molecule has 7 nitrogen and oxygen atoms in total. The van der Waals surface area contributed by atoms with Crippen LogP contribution in [0, 0.1) is 0 Å². The molecule has 0 radical (unpaired) electrons. The lowest BCUT2D eigenvalue weighted by Crippen LogP contribution is -2.44. The first-order valence-electron chi connectivity index (χ1n) is 7.09. The number of allylic oxidation sites excluding steroid dienone is 1. The number of halogens is 1. The molecule has 1 heterocycles. The second-order valence-corrected chi connectivity index (χ2v) is 6.10. The van der Waals surface area contributed by atoms with Crippen molar-refractivity contribution in [2.24, 2.45) is 0 Å². The van der Waals surface area contributed by atoms with Crippen molar-refractivity contribution < 1.29 is 23.9 Å². The van der Waals surface area contributed by atoms with E-state index in [-0.39, 0.29) is 11.5 Å². The summed E-state index contributed by atoms with van der Waals surface area (Å²) in [5, 5.41) is 5.31. The van der Waals surface area contributed by atoms with Gasteiger partial charge < -0.3 is 20.1 Å². The predicted octanol–water partition coefficient (Wildman–Crippen LogP) is 2.60. The van der Waals surface area contributed by atoms with Crippen LogP contribution in [0.4, 0.5) is 4.79 Å². The van der Waals surface area contributed by atoms with Crippen molar-refractivity contribution in [1.82, 2.24) is 10.6 Å². The molecule has 2 N–H and O–H groups in total. The molecule has 1 aromatic carbocycles. The Morgan fingerprint density at radius 1 is 1.21 bits per heavy atom. The van der Waals surface area contributed by atoms with Crippen LogP contribution in [0.2, 0.25) is 0 Å². The smallest absolute Gasteiger partial charge is 0.319 e. The lowest BCUT2D eigenvalue weighted by Gasteiger charge is -2.29. The minimum Gasteiger partial charge on any atom is -0.493 e. The Labute approximate surface area is 147 Å². The van der Waals surface area contributed by atoms with Gasteiger partial charge >= 0.3 is 12.0 Å². The zero-order valence-corrected chi connectivity index (χ0v) is 15.2. The number of carbonyl (C=O) groups is 3. The number of rotatable bonds is 4. The number of carbonyl (C=O) groups excluding carboxylic acids is 3. The van der Waals surface area contributed by atoms with Crippen LogP contribution in [-0.4, -0.2) is 24.9 Å². The van der Waals surface area contributed by atoms with Gasteiger partial charge in [0, 0.05) is 22.7 Å². The van der Waals surface area contributed by atoms with Gasteiger partial charge in [-0.25, -0.2) is 4.79 Å². The number of hydrogen-bond acceptors (Lipinski definition) is 5. The summed E-state index contributed by atoms with van der Waals surface area (Å²) >= 11 is 3.40. The molecule has 2 amide bonds. The summed E-state index contributed by atoms with van der Waals surface area (Å²) in [6.45, 7) is 4.39. The lowest BCUT2D eigenvalue weighted by atomic mass is 9.93. The number of amides is 2.